The minimum Gasteiger partial charge on any atom is -0.368 e. The molecule has 9 nitrogen and oxygen atoms in total. The molecular formula is C17H19N7O2S. The number of nitrogens with zero attached hydrogens (tertiary/aromatic N) is 3. The van der Waals surface area contributed by atoms with Crippen molar-refractivity contribution in [1.29, 1.82) is 0 Å². The van der Waals surface area contributed by atoms with Gasteiger partial charge in [-0.3, -0.25) is 9.59 Å². The lowest BCUT2D eigenvalue weighted by Gasteiger charge is -2.19. The van der Waals surface area contributed by atoms with Crippen LogP contribution in [0.1, 0.15) is 24.2 Å². The zero-order valence-corrected chi connectivity index (χ0v) is 15.6. The minimum absolute atomic E-state index is 0.0629. The highest BCUT2D eigenvalue weighted by atomic mass is 32.1. The van der Waals surface area contributed by atoms with E-state index in [-0.39, 0.29) is 23.2 Å². The predicted octanol–water partition coefficient (Wildman–Crippen LogP) is 1.85. The van der Waals surface area contributed by atoms with Crippen LogP contribution in [0.2, 0.25) is 0 Å². The number of amides is 2. The first-order chi connectivity index (χ1) is 12.8. The van der Waals surface area contributed by atoms with Crippen molar-refractivity contribution < 1.29 is 9.59 Å². The molecule has 10 heteroatoms. The molecule has 1 atom stereocenters. The van der Waals surface area contributed by atoms with Gasteiger partial charge in [-0.05, 0) is 24.1 Å². The molecule has 1 aromatic carbocycles. The number of nitrogens with two attached hydrogens (primary N) is 2. The van der Waals surface area contributed by atoms with E-state index in [4.69, 9.17) is 11.5 Å². The van der Waals surface area contributed by atoms with Gasteiger partial charge in [0.1, 0.15) is 17.4 Å². The Balaban J connectivity index is 1.93. The Bertz CT molecular complexity index is 1000. The molecule has 0 spiro atoms. The lowest BCUT2D eigenvalue weighted by molar-refractivity contribution is -0.119. The molecule has 27 heavy (non-hydrogen) atoms. The smallest absolute Gasteiger partial charge is 0.254 e. The second kappa shape index (κ2) is 7.54. The van der Waals surface area contributed by atoms with E-state index in [9.17, 15) is 9.59 Å². The van der Waals surface area contributed by atoms with Crippen LogP contribution in [0, 0.1) is 5.92 Å². The average Bonchev–Trinajstić information content (AvgIpc) is 3.06. The quantitative estimate of drug-likeness (QED) is 0.485. The maximum Gasteiger partial charge on any atom is 0.254 e. The SMILES string of the molecule is CC(C)[C@@H](Nc1ncc(C(N)=O)c(Nc2ccc3ncsc3c2)n1)C(N)=O. The Kier molecular flexibility index (Phi) is 5.17. The van der Waals surface area contributed by atoms with Gasteiger partial charge in [0, 0.05) is 11.9 Å². The summed E-state index contributed by atoms with van der Waals surface area (Å²) in [5.74, 6) is -0.849. The lowest BCUT2D eigenvalue weighted by atomic mass is 10.0. The van der Waals surface area contributed by atoms with Crippen LogP contribution >= 0.6 is 11.3 Å². The van der Waals surface area contributed by atoms with Gasteiger partial charge in [0.05, 0.1) is 15.7 Å². The van der Waals surface area contributed by atoms with E-state index in [0.717, 1.165) is 10.2 Å². The number of primary amides is 2. The molecular weight excluding hydrogens is 366 g/mol. The monoisotopic (exact) mass is 385 g/mol. The van der Waals surface area contributed by atoms with Gasteiger partial charge in [-0.15, -0.1) is 11.3 Å². The fraction of sp³-hybridized carbons (Fsp3) is 0.235. The summed E-state index contributed by atoms with van der Waals surface area (Å²) >= 11 is 1.50. The van der Waals surface area contributed by atoms with Crippen LogP contribution in [0.4, 0.5) is 17.5 Å². The molecule has 140 valence electrons. The molecule has 6 N–H and O–H groups in total. The first kappa shape index (κ1) is 18.5. The van der Waals surface area contributed by atoms with Gasteiger partial charge in [0.15, 0.2) is 0 Å². The number of thiazole rings is 1. The normalized spacial score (nSPS) is 12.1. The molecule has 0 saturated heterocycles. The van der Waals surface area contributed by atoms with Crippen molar-refractivity contribution in [3.8, 4) is 0 Å². The molecule has 0 saturated carbocycles. The molecule has 0 radical (unpaired) electrons. The number of rotatable bonds is 7. The summed E-state index contributed by atoms with van der Waals surface area (Å²) in [4.78, 5) is 35.9. The molecule has 3 aromatic rings. The number of carbonyl (C=O) groups is 2. The molecule has 2 amide bonds. The molecule has 0 aliphatic rings. The van der Waals surface area contributed by atoms with Crippen LogP contribution in [0.5, 0.6) is 0 Å². The maximum absolute atomic E-state index is 11.7. The lowest BCUT2D eigenvalue weighted by Crippen LogP contribution is -2.40. The van der Waals surface area contributed by atoms with Crippen LogP contribution in [0.15, 0.2) is 29.9 Å². The van der Waals surface area contributed by atoms with Crippen LogP contribution in [-0.4, -0.2) is 32.8 Å². The third kappa shape index (κ3) is 4.11. The first-order valence-electron chi connectivity index (χ1n) is 8.18. The zero-order valence-electron chi connectivity index (χ0n) is 14.8. The number of aromatic nitrogens is 3. The Morgan fingerprint density at radius 1 is 1.19 bits per heavy atom. The van der Waals surface area contributed by atoms with Gasteiger partial charge in [-0.1, -0.05) is 13.8 Å². The molecule has 2 heterocycles. The standard InChI is InChI=1S/C17H19N7O2S/c1-8(2)13(15(19)26)23-17-20-6-10(14(18)25)16(24-17)22-9-3-4-11-12(5-9)27-7-21-11/h3-8,13H,1-2H3,(H2,18,25)(H2,19,26)(H2,20,22,23,24)/t13-/m1/s1. The highest BCUT2D eigenvalue weighted by molar-refractivity contribution is 7.16. The zero-order chi connectivity index (χ0) is 19.6. The van der Waals surface area contributed by atoms with Gasteiger partial charge in [0.25, 0.3) is 5.91 Å². The Hall–Kier alpha value is -3.27. The summed E-state index contributed by atoms with van der Waals surface area (Å²) in [5, 5.41) is 5.98. The topological polar surface area (TPSA) is 149 Å². The van der Waals surface area contributed by atoms with E-state index in [2.05, 4.69) is 25.6 Å². The third-order valence-corrected chi connectivity index (χ3v) is 4.70. The number of fused-ring (bicyclic) bond motifs is 1. The van der Waals surface area contributed by atoms with Crippen LogP contribution < -0.4 is 22.1 Å². The molecule has 0 fully saturated rings. The van der Waals surface area contributed by atoms with Crippen molar-refractivity contribution in [3.63, 3.8) is 0 Å². The number of nitrogens with one attached hydrogen (secondary N) is 2. The summed E-state index contributed by atoms with van der Waals surface area (Å²) in [6, 6.07) is 4.93. The van der Waals surface area contributed by atoms with Crippen LogP contribution in [0.25, 0.3) is 10.2 Å². The molecule has 0 unspecified atom stereocenters. The largest absolute Gasteiger partial charge is 0.368 e. The van der Waals surface area contributed by atoms with Crippen molar-refractivity contribution in [3.05, 3.63) is 35.5 Å². The van der Waals surface area contributed by atoms with Gasteiger partial charge in [-0.25, -0.2) is 9.97 Å². The molecule has 0 bridgehead atoms. The maximum atomic E-state index is 11.7. The van der Waals surface area contributed by atoms with E-state index in [1.54, 1.807) is 5.51 Å². The minimum atomic E-state index is -0.668. The number of hydrogen-bond acceptors (Lipinski definition) is 8. The first-order valence-corrected chi connectivity index (χ1v) is 9.06. The molecule has 0 aliphatic carbocycles. The van der Waals surface area contributed by atoms with Gasteiger partial charge < -0.3 is 22.1 Å². The van der Waals surface area contributed by atoms with Gasteiger partial charge in [0.2, 0.25) is 11.9 Å². The van der Waals surface area contributed by atoms with E-state index < -0.39 is 17.9 Å². The Morgan fingerprint density at radius 2 is 1.96 bits per heavy atom. The van der Waals surface area contributed by atoms with Crippen molar-refractivity contribution in [2.45, 2.75) is 19.9 Å². The van der Waals surface area contributed by atoms with E-state index in [1.807, 2.05) is 32.0 Å². The number of hydrogen-bond donors (Lipinski definition) is 4. The van der Waals surface area contributed by atoms with Crippen molar-refractivity contribution in [2.24, 2.45) is 17.4 Å². The fourth-order valence-electron chi connectivity index (χ4n) is 2.50. The van der Waals surface area contributed by atoms with Crippen molar-refractivity contribution in [2.75, 3.05) is 10.6 Å². The summed E-state index contributed by atoms with van der Waals surface area (Å²) in [5.41, 5.74) is 14.3. The van der Waals surface area contributed by atoms with E-state index in [0.29, 0.717) is 5.69 Å². The number of carbonyl (C=O) groups excluding carboxylic acids is 2. The number of benzene rings is 1. The Labute approximate surface area is 159 Å². The van der Waals surface area contributed by atoms with E-state index in [1.165, 1.54) is 17.5 Å². The fourth-order valence-corrected chi connectivity index (χ4v) is 3.22. The average molecular weight is 385 g/mol. The van der Waals surface area contributed by atoms with Crippen molar-refractivity contribution in [1.82, 2.24) is 15.0 Å². The molecule has 3 rings (SSSR count). The summed E-state index contributed by atoms with van der Waals surface area (Å²) in [7, 11) is 0. The van der Waals surface area contributed by atoms with Crippen LogP contribution in [-0.2, 0) is 4.79 Å². The highest BCUT2D eigenvalue weighted by Gasteiger charge is 2.21. The molecule has 0 aliphatic heterocycles. The number of anilines is 3. The second-order valence-corrected chi connectivity index (χ2v) is 7.13. The van der Waals surface area contributed by atoms with Crippen molar-refractivity contribution >= 4 is 50.8 Å². The summed E-state index contributed by atoms with van der Waals surface area (Å²) in [6.45, 7) is 3.70. The van der Waals surface area contributed by atoms with Gasteiger partial charge in [-0.2, -0.15) is 4.98 Å². The summed E-state index contributed by atoms with van der Waals surface area (Å²) in [6.07, 6.45) is 1.31. The molecule has 2 aromatic heterocycles. The van der Waals surface area contributed by atoms with Gasteiger partial charge >= 0.3 is 0 Å². The third-order valence-electron chi connectivity index (χ3n) is 3.91. The van der Waals surface area contributed by atoms with Crippen LogP contribution in [0.3, 0.4) is 0 Å². The Morgan fingerprint density at radius 3 is 2.63 bits per heavy atom. The van der Waals surface area contributed by atoms with E-state index >= 15 is 0 Å². The second-order valence-electron chi connectivity index (χ2n) is 6.25. The summed E-state index contributed by atoms with van der Waals surface area (Å²) < 4.78 is 0.988. The predicted molar refractivity (Wildman–Crippen MR) is 105 cm³/mol. The highest BCUT2D eigenvalue weighted by Crippen LogP contribution is 2.25.